The summed E-state index contributed by atoms with van der Waals surface area (Å²) in [5, 5.41) is 10.2. The van der Waals surface area contributed by atoms with Crippen LogP contribution in [0, 0.1) is 18.8 Å². The van der Waals surface area contributed by atoms with E-state index in [1.807, 2.05) is 49.4 Å². The van der Waals surface area contributed by atoms with Crippen molar-refractivity contribution in [3.05, 3.63) is 77.4 Å². The first-order chi connectivity index (χ1) is 13.3. The summed E-state index contributed by atoms with van der Waals surface area (Å²) in [6.07, 6.45) is 2.20. The largest absolute Gasteiger partial charge is 0.485 e. The maximum Gasteiger partial charge on any atom is 0.156 e. The molecule has 0 radical (unpaired) electrons. The molecule has 146 valence electrons. The molecule has 2 aromatic rings. The molecule has 1 heterocycles. The van der Waals surface area contributed by atoms with Crippen LogP contribution in [0.2, 0.25) is 0 Å². The van der Waals surface area contributed by atoms with Crippen molar-refractivity contribution < 1.29 is 14.6 Å². The molecule has 28 heavy (non-hydrogen) atoms. The van der Waals surface area contributed by atoms with Crippen LogP contribution >= 0.6 is 0 Å². The summed E-state index contributed by atoms with van der Waals surface area (Å²) in [6.45, 7) is 8.87. The molecule has 0 aromatic heterocycles. The number of benzene rings is 2. The Bertz CT molecular complexity index is 861. The minimum atomic E-state index is -0.658. The Balaban J connectivity index is 1.63. The van der Waals surface area contributed by atoms with Gasteiger partial charge in [0, 0.05) is 5.56 Å². The van der Waals surface area contributed by atoms with E-state index in [-0.39, 0.29) is 18.1 Å². The molecule has 3 heteroatoms. The topological polar surface area (TPSA) is 38.7 Å². The van der Waals surface area contributed by atoms with Crippen LogP contribution in [0.15, 0.2) is 60.7 Å². The molecule has 0 bridgehead atoms. The highest BCUT2D eigenvalue weighted by Crippen LogP contribution is 2.23. The minimum Gasteiger partial charge on any atom is -0.485 e. The molecule has 1 N–H and O–H groups in total. The van der Waals surface area contributed by atoms with Crippen molar-refractivity contribution in [3.63, 3.8) is 0 Å². The van der Waals surface area contributed by atoms with E-state index < -0.39 is 12.2 Å². The Hall–Kier alpha value is -2.54. The van der Waals surface area contributed by atoms with Gasteiger partial charge in [-0.2, -0.15) is 0 Å². The minimum absolute atomic E-state index is 0.138. The van der Waals surface area contributed by atoms with Crippen molar-refractivity contribution in [2.45, 2.75) is 51.4 Å². The number of hydrogen-bond donors (Lipinski definition) is 1. The Morgan fingerprint density at radius 1 is 1.07 bits per heavy atom. The van der Waals surface area contributed by atoms with Crippen molar-refractivity contribution in [3.8, 4) is 17.6 Å². The van der Waals surface area contributed by atoms with E-state index in [4.69, 9.17) is 9.47 Å². The second-order valence-corrected chi connectivity index (χ2v) is 8.22. The quantitative estimate of drug-likeness (QED) is 0.807. The number of aryl methyl sites for hydroxylation is 1. The zero-order valence-corrected chi connectivity index (χ0v) is 17.0. The lowest BCUT2D eigenvalue weighted by Gasteiger charge is -2.19. The van der Waals surface area contributed by atoms with Gasteiger partial charge in [-0.25, -0.2) is 0 Å². The summed E-state index contributed by atoms with van der Waals surface area (Å²) in [5.74, 6) is 6.90. The molecule has 0 aliphatic carbocycles. The summed E-state index contributed by atoms with van der Waals surface area (Å²) < 4.78 is 11.6. The first-order valence-corrected chi connectivity index (χ1v) is 9.65. The lowest BCUT2D eigenvalue weighted by molar-refractivity contribution is 0.0610. The standard InChI is InChI=1S/C25H28O3/c1-18-9-15-21(16-10-18)28-24-22(26)17-27-23(24)8-6-5-7-19-11-13-20(14-12-19)25(2,3)4/h6,8-16,22-24,26H,17H2,1-4H3/b8-6+/t22-,23+,24-/m1/s1. The fourth-order valence-electron chi connectivity index (χ4n) is 3.02. The third kappa shape index (κ3) is 5.25. The molecular weight excluding hydrogens is 348 g/mol. The predicted molar refractivity (Wildman–Crippen MR) is 113 cm³/mol. The number of aliphatic hydroxyl groups excluding tert-OH is 1. The Morgan fingerprint density at radius 3 is 2.39 bits per heavy atom. The van der Waals surface area contributed by atoms with Crippen LogP contribution in [0.3, 0.4) is 0 Å². The molecule has 0 saturated carbocycles. The molecule has 1 fully saturated rings. The van der Waals surface area contributed by atoms with Crippen molar-refractivity contribution >= 4 is 0 Å². The highest BCUT2D eigenvalue weighted by atomic mass is 16.6. The lowest BCUT2D eigenvalue weighted by Crippen LogP contribution is -2.34. The second-order valence-electron chi connectivity index (χ2n) is 8.22. The molecule has 1 saturated heterocycles. The molecule has 1 aliphatic rings. The van der Waals surface area contributed by atoms with E-state index in [1.54, 1.807) is 6.08 Å². The van der Waals surface area contributed by atoms with Crippen molar-refractivity contribution in [2.75, 3.05) is 6.61 Å². The van der Waals surface area contributed by atoms with Crippen LogP contribution in [0.1, 0.15) is 37.5 Å². The molecule has 1 aliphatic heterocycles. The van der Waals surface area contributed by atoms with Crippen LogP contribution in [0.5, 0.6) is 5.75 Å². The molecular formula is C25H28O3. The van der Waals surface area contributed by atoms with Crippen molar-refractivity contribution in [1.29, 1.82) is 0 Å². The Morgan fingerprint density at radius 2 is 1.75 bits per heavy atom. The van der Waals surface area contributed by atoms with E-state index in [2.05, 4.69) is 44.7 Å². The SMILES string of the molecule is Cc1ccc(O[C@@H]2[C@H](O)CO[C@H]2/C=C/C#Cc2ccc(C(C)(C)C)cc2)cc1. The average molecular weight is 376 g/mol. The van der Waals surface area contributed by atoms with Gasteiger partial charge in [0.25, 0.3) is 0 Å². The van der Waals surface area contributed by atoms with E-state index in [0.29, 0.717) is 0 Å². The van der Waals surface area contributed by atoms with Crippen molar-refractivity contribution in [1.82, 2.24) is 0 Å². The maximum atomic E-state index is 10.2. The van der Waals surface area contributed by atoms with E-state index in [0.717, 1.165) is 16.9 Å². The van der Waals surface area contributed by atoms with Crippen LogP contribution < -0.4 is 4.74 Å². The van der Waals surface area contributed by atoms with Crippen LogP contribution in [0.25, 0.3) is 0 Å². The molecule has 3 atom stereocenters. The zero-order chi connectivity index (χ0) is 20.1. The smallest absolute Gasteiger partial charge is 0.156 e. The van der Waals surface area contributed by atoms with Gasteiger partial charge >= 0.3 is 0 Å². The highest BCUT2D eigenvalue weighted by molar-refractivity contribution is 5.40. The fraction of sp³-hybridized carbons (Fsp3) is 0.360. The first-order valence-electron chi connectivity index (χ1n) is 9.65. The predicted octanol–water partition coefficient (Wildman–Crippen LogP) is 4.41. The third-order valence-corrected chi connectivity index (χ3v) is 4.79. The van der Waals surface area contributed by atoms with E-state index in [1.165, 1.54) is 5.56 Å². The fourth-order valence-corrected chi connectivity index (χ4v) is 3.02. The molecule has 3 nitrogen and oxygen atoms in total. The number of rotatable bonds is 3. The third-order valence-electron chi connectivity index (χ3n) is 4.79. The summed E-state index contributed by atoms with van der Waals surface area (Å²) >= 11 is 0. The molecule has 0 amide bonds. The van der Waals surface area contributed by atoms with Crippen LogP contribution in [0.4, 0.5) is 0 Å². The maximum absolute atomic E-state index is 10.2. The van der Waals surface area contributed by atoms with Gasteiger partial charge in [0.2, 0.25) is 0 Å². The number of aliphatic hydroxyl groups is 1. The Labute approximate surface area is 168 Å². The first kappa shape index (κ1) is 20.2. The molecule has 2 aromatic carbocycles. The number of allylic oxidation sites excluding steroid dienone is 1. The molecule has 3 rings (SSSR count). The molecule has 0 spiro atoms. The van der Waals surface area contributed by atoms with Gasteiger partial charge in [-0.3, -0.25) is 0 Å². The molecule has 0 unspecified atom stereocenters. The zero-order valence-electron chi connectivity index (χ0n) is 17.0. The average Bonchev–Trinajstić information content (AvgIpc) is 3.00. The van der Waals surface area contributed by atoms with Gasteiger partial charge in [0.05, 0.1) is 6.61 Å². The van der Waals surface area contributed by atoms with Gasteiger partial charge < -0.3 is 14.6 Å². The van der Waals surface area contributed by atoms with E-state index in [9.17, 15) is 5.11 Å². The Kier molecular flexibility index (Phi) is 6.24. The lowest BCUT2D eigenvalue weighted by atomic mass is 9.87. The van der Waals surface area contributed by atoms with Gasteiger partial charge in [0.15, 0.2) is 6.10 Å². The number of ether oxygens (including phenoxy) is 2. The highest BCUT2D eigenvalue weighted by Gasteiger charge is 2.36. The van der Waals surface area contributed by atoms with Crippen molar-refractivity contribution in [2.24, 2.45) is 0 Å². The summed E-state index contributed by atoms with van der Waals surface area (Å²) in [6, 6.07) is 16.1. The van der Waals surface area contributed by atoms with Gasteiger partial charge in [0.1, 0.15) is 18.0 Å². The van der Waals surface area contributed by atoms with Crippen LogP contribution in [-0.4, -0.2) is 30.0 Å². The summed E-state index contributed by atoms with van der Waals surface area (Å²) in [5.41, 5.74) is 3.56. The van der Waals surface area contributed by atoms with E-state index >= 15 is 0 Å². The van der Waals surface area contributed by atoms with Gasteiger partial charge in [-0.1, -0.05) is 62.4 Å². The number of hydrogen-bond acceptors (Lipinski definition) is 3. The summed E-state index contributed by atoms with van der Waals surface area (Å²) in [4.78, 5) is 0. The van der Waals surface area contributed by atoms with Crippen LogP contribution in [-0.2, 0) is 10.2 Å². The second kappa shape index (κ2) is 8.65. The van der Waals surface area contributed by atoms with Gasteiger partial charge in [-0.15, -0.1) is 0 Å². The normalized spacial score (nSPS) is 22.1. The summed E-state index contributed by atoms with van der Waals surface area (Å²) in [7, 11) is 0. The van der Waals surface area contributed by atoms with Gasteiger partial charge in [-0.05, 0) is 54.3 Å². The monoisotopic (exact) mass is 376 g/mol.